The Morgan fingerprint density at radius 1 is 1.08 bits per heavy atom. The predicted octanol–water partition coefficient (Wildman–Crippen LogP) is 3.21. The van der Waals surface area contributed by atoms with E-state index in [0.29, 0.717) is 6.04 Å². The molecule has 1 nitrogen and oxygen atoms in total. The molecule has 0 aliphatic heterocycles. The molecule has 0 bridgehead atoms. The van der Waals surface area contributed by atoms with Gasteiger partial charge >= 0.3 is 0 Å². The summed E-state index contributed by atoms with van der Waals surface area (Å²) in [5.74, 6) is 1.01. The van der Waals surface area contributed by atoms with Crippen molar-refractivity contribution in [2.75, 3.05) is 18.8 Å². The van der Waals surface area contributed by atoms with E-state index in [0.717, 1.165) is 5.75 Å². The normalized spacial score (nSPS) is 11.5. The van der Waals surface area contributed by atoms with Crippen LogP contribution in [-0.4, -0.2) is 29.8 Å². The Labute approximate surface area is 89.3 Å². The van der Waals surface area contributed by atoms with Gasteiger partial charge in [-0.3, -0.25) is 0 Å². The third kappa shape index (κ3) is 7.39. The van der Waals surface area contributed by atoms with Crippen molar-refractivity contribution in [1.29, 1.82) is 0 Å². The molecule has 0 saturated carbocycles. The number of hydrogen-bond donors (Lipinski definition) is 1. The van der Waals surface area contributed by atoms with Crippen molar-refractivity contribution in [2.45, 2.75) is 52.5 Å². The molecule has 0 unspecified atom stereocenters. The van der Waals surface area contributed by atoms with Gasteiger partial charge in [0.2, 0.25) is 0 Å². The zero-order chi connectivity index (χ0) is 10.1. The molecule has 0 rings (SSSR count). The average Bonchev–Trinajstić information content (AvgIpc) is 2.10. The lowest BCUT2D eigenvalue weighted by molar-refractivity contribution is 0.218. The largest absolute Gasteiger partial charge is 0.301 e. The van der Waals surface area contributed by atoms with Gasteiger partial charge in [0, 0.05) is 6.04 Å². The highest BCUT2D eigenvalue weighted by atomic mass is 32.1. The van der Waals surface area contributed by atoms with E-state index in [1.165, 1.54) is 38.8 Å². The quantitative estimate of drug-likeness (QED) is 0.468. The Morgan fingerprint density at radius 3 is 2.15 bits per heavy atom. The van der Waals surface area contributed by atoms with E-state index >= 15 is 0 Å². The second kappa shape index (κ2) is 8.89. The summed E-state index contributed by atoms with van der Waals surface area (Å²) < 4.78 is 0. The Hall–Kier alpha value is 0.310. The summed E-state index contributed by atoms with van der Waals surface area (Å²) in [7, 11) is 0. The maximum Gasteiger partial charge on any atom is 0.00385 e. The Morgan fingerprint density at radius 2 is 1.69 bits per heavy atom. The Bertz CT molecular complexity index is 104. The highest BCUT2D eigenvalue weighted by molar-refractivity contribution is 7.80. The number of thiol groups is 1. The van der Waals surface area contributed by atoms with Crippen LogP contribution in [0, 0.1) is 0 Å². The predicted molar refractivity (Wildman–Crippen MR) is 64.7 cm³/mol. The molecular formula is C11H25NS. The van der Waals surface area contributed by atoms with E-state index in [9.17, 15) is 0 Å². The SMILES string of the molecule is CCCCCN(CCCS)C(C)C. The second-order valence-corrected chi connectivity index (χ2v) is 4.36. The average molecular weight is 203 g/mol. The first-order chi connectivity index (χ1) is 6.22. The minimum Gasteiger partial charge on any atom is -0.301 e. The van der Waals surface area contributed by atoms with E-state index in [2.05, 4.69) is 38.3 Å². The molecule has 0 aromatic rings. The number of hydrogen-bond acceptors (Lipinski definition) is 2. The van der Waals surface area contributed by atoms with Crippen LogP contribution in [0.15, 0.2) is 0 Å². The molecule has 0 fully saturated rings. The first-order valence-corrected chi connectivity index (χ1v) is 6.20. The standard InChI is InChI=1S/C11H25NS/c1-4-5-6-8-12(11(2)3)9-7-10-13/h11,13H,4-10H2,1-3H3. The van der Waals surface area contributed by atoms with Crippen molar-refractivity contribution in [2.24, 2.45) is 0 Å². The first-order valence-electron chi connectivity index (χ1n) is 5.57. The lowest BCUT2D eigenvalue weighted by Crippen LogP contribution is -2.32. The zero-order valence-corrected chi connectivity index (χ0v) is 10.3. The fourth-order valence-electron chi connectivity index (χ4n) is 1.47. The maximum absolute atomic E-state index is 4.25. The van der Waals surface area contributed by atoms with Gasteiger partial charge in [0.05, 0.1) is 0 Å². The van der Waals surface area contributed by atoms with Crippen LogP contribution in [0.25, 0.3) is 0 Å². The van der Waals surface area contributed by atoms with E-state index in [1.807, 2.05) is 0 Å². The highest BCUT2D eigenvalue weighted by Crippen LogP contribution is 2.04. The van der Waals surface area contributed by atoms with Crippen molar-refractivity contribution in [1.82, 2.24) is 4.90 Å². The monoisotopic (exact) mass is 203 g/mol. The molecule has 0 aromatic carbocycles. The summed E-state index contributed by atoms with van der Waals surface area (Å²) in [6.45, 7) is 9.30. The fraction of sp³-hybridized carbons (Fsp3) is 1.00. The maximum atomic E-state index is 4.25. The first kappa shape index (κ1) is 13.3. The van der Waals surface area contributed by atoms with Crippen molar-refractivity contribution >= 4 is 12.6 Å². The molecule has 0 amide bonds. The number of nitrogens with zero attached hydrogens (tertiary/aromatic N) is 1. The minimum absolute atomic E-state index is 0.691. The Kier molecular flexibility index (Phi) is 9.10. The van der Waals surface area contributed by atoms with Gasteiger partial charge in [0.1, 0.15) is 0 Å². The van der Waals surface area contributed by atoms with Crippen molar-refractivity contribution < 1.29 is 0 Å². The van der Waals surface area contributed by atoms with Gasteiger partial charge in [-0.2, -0.15) is 12.6 Å². The lowest BCUT2D eigenvalue weighted by atomic mass is 10.2. The van der Waals surface area contributed by atoms with Crippen molar-refractivity contribution in [3.05, 3.63) is 0 Å². The van der Waals surface area contributed by atoms with E-state index < -0.39 is 0 Å². The second-order valence-electron chi connectivity index (χ2n) is 3.91. The molecule has 2 heteroatoms. The molecule has 0 aliphatic carbocycles. The van der Waals surface area contributed by atoms with Crippen LogP contribution in [0.2, 0.25) is 0 Å². The zero-order valence-electron chi connectivity index (χ0n) is 9.42. The van der Waals surface area contributed by atoms with Crippen LogP contribution in [0.3, 0.4) is 0 Å². The third-order valence-corrected chi connectivity index (χ3v) is 2.70. The van der Waals surface area contributed by atoms with Gasteiger partial charge < -0.3 is 4.90 Å². The summed E-state index contributed by atoms with van der Waals surface area (Å²) in [5.41, 5.74) is 0. The summed E-state index contributed by atoms with van der Waals surface area (Å²) in [4.78, 5) is 2.56. The summed E-state index contributed by atoms with van der Waals surface area (Å²) >= 11 is 4.25. The Balaban J connectivity index is 3.54. The topological polar surface area (TPSA) is 3.24 Å². The van der Waals surface area contributed by atoms with E-state index in [4.69, 9.17) is 0 Å². The van der Waals surface area contributed by atoms with Crippen LogP contribution in [0.5, 0.6) is 0 Å². The molecule has 0 radical (unpaired) electrons. The van der Waals surface area contributed by atoms with Crippen LogP contribution < -0.4 is 0 Å². The lowest BCUT2D eigenvalue weighted by Gasteiger charge is -2.26. The van der Waals surface area contributed by atoms with E-state index in [-0.39, 0.29) is 0 Å². The molecule has 0 atom stereocenters. The molecule has 13 heavy (non-hydrogen) atoms. The van der Waals surface area contributed by atoms with Crippen molar-refractivity contribution in [3.8, 4) is 0 Å². The molecule has 0 N–H and O–H groups in total. The van der Waals surface area contributed by atoms with Crippen LogP contribution in [0.4, 0.5) is 0 Å². The third-order valence-electron chi connectivity index (χ3n) is 2.38. The summed E-state index contributed by atoms with van der Waals surface area (Å²) in [5, 5.41) is 0. The number of rotatable bonds is 8. The van der Waals surface area contributed by atoms with Crippen LogP contribution in [-0.2, 0) is 0 Å². The fourth-order valence-corrected chi connectivity index (χ4v) is 1.61. The van der Waals surface area contributed by atoms with Gasteiger partial charge in [-0.15, -0.1) is 0 Å². The van der Waals surface area contributed by atoms with Gasteiger partial charge in [-0.1, -0.05) is 19.8 Å². The smallest absolute Gasteiger partial charge is 0.00385 e. The summed E-state index contributed by atoms with van der Waals surface area (Å²) in [6, 6.07) is 0.691. The molecule has 80 valence electrons. The summed E-state index contributed by atoms with van der Waals surface area (Å²) in [6.07, 6.45) is 5.25. The highest BCUT2D eigenvalue weighted by Gasteiger charge is 2.07. The van der Waals surface area contributed by atoms with E-state index in [1.54, 1.807) is 0 Å². The minimum atomic E-state index is 0.691. The van der Waals surface area contributed by atoms with Gasteiger partial charge in [-0.05, 0) is 45.5 Å². The van der Waals surface area contributed by atoms with Crippen LogP contribution in [0.1, 0.15) is 46.5 Å². The molecular weight excluding hydrogens is 178 g/mol. The van der Waals surface area contributed by atoms with Crippen molar-refractivity contribution in [3.63, 3.8) is 0 Å². The van der Waals surface area contributed by atoms with Crippen LogP contribution >= 0.6 is 12.6 Å². The molecule has 0 aliphatic rings. The van der Waals surface area contributed by atoms with Gasteiger partial charge in [0.25, 0.3) is 0 Å². The molecule has 0 spiro atoms. The van der Waals surface area contributed by atoms with Gasteiger partial charge in [0.15, 0.2) is 0 Å². The number of unbranched alkanes of at least 4 members (excludes halogenated alkanes) is 2. The van der Waals surface area contributed by atoms with Gasteiger partial charge in [-0.25, -0.2) is 0 Å². The molecule has 0 aromatic heterocycles. The molecule has 0 heterocycles. The molecule has 0 saturated heterocycles.